The van der Waals surface area contributed by atoms with E-state index < -0.39 is 21.1 Å². The lowest BCUT2D eigenvalue weighted by Gasteiger charge is -2.26. The van der Waals surface area contributed by atoms with Crippen molar-refractivity contribution in [2.75, 3.05) is 21.3 Å². The largest absolute Gasteiger partial charge is 0.500 e. The Hall–Kier alpha value is -1.15. The Labute approximate surface area is 115 Å². The third kappa shape index (κ3) is 6.53. The molecule has 1 atom stereocenters. The first kappa shape index (κ1) is 17.8. The van der Waals surface area contributed by atoms with Gasteiger partial charge in [0.1, 0.15) is 0 Å². The maximum Gasteiger partial charge on any atom is 0.500 e. The van der Waals surface area contributed by atoms with Crippen LogP contribution in [0.25, 0.3) is 0 Å². The van der Waals surface area contributed by atoms with Gasteiger partial charge in [0.15, 0.2) is 0 Å². The molecule has 0 aromatic carbocycles. The molecule has 0 rings (SSSR count). The molecule has 0 amide bonds. The van der Waals surface area contributed by atoms with Gasteiger partial charge in [0.25, 0.3) is 0 Å². The molecule has 0 bridgehead atoms. The third-order valence-electron chi connectivity index (χ3n) is 2.40. The molecule has 0 N–H and O–H groups in total. The fourth-order valence-corrected chi connectivity index (χ4v) is 3.05. The Morgan fingerprint density at radius 3 is 2.26 bits per heavy atom. The standard InChI is InChI=1S/C12H22O6Si/c1-6-9-17-12(18-11(13)7-2)8-10-19(14-3,15-4)16-5/h6-7,9,12H,2,8,10H2,1,3-5H3. The average molecular weight is 290 g/mol. The van der Waals surface area contributed by atoms with Crippen LogP contribution in [0.1, 0.15) is 13.3 Å². The number of carbonyl (C=O) groups is 1. The number of carbonyl (C=O) groups excluding carboxylic acids is 1. The van der Waals surface area contributed by atoms with Gasteiger partial charge >= 0.3 is 14.8 Å². The summed E-state index contributed by atoms with van der Waals surface area (Å²) in [5.41, 5.74) is 0. The Morgan fingerprint density at radius 2 is 1.84 bits per heavy atom. The van der Waals surface area contributed by atoms with Crippen LogP contribution in [-0.4, -0.2) is 42.4 Å². The molecule has 0 heterocycles. The molecular formula is C12H22O6Si. The van der Waals surface area contributed by atoms with E-state index in [4.69, 9.17) is 22.8 Å². The van der Waals surface area contributed by atoms with Gasteiger partial charge in [0.05, 0.1) is 6.26 Å². The molecule has 0 aromatic rings. The first-order valence-corrected chi connectivity index (χ1v) is 7.75. The summed E-state index contributed by atoms with van der Waals surface area (Å²) in [4.78, 5) is 11.2. The van der Waals surface area contributed by atoms with Crippen LogP contribution >= 0.6 is 0 Å². The quantitative estimate of drug-likeness (QED) is 0.201. The molecule has 6 nitrogen and oxygen atoms in total. The van der Waals surface area contributed by atoms with E-state index in [1.807, 2.05) is 0 Å². The van der Waals surface area contributed by atoms with Crippen LogP contribution in [-0.2, 0) is 27.5 Å². The van der Waals surface area contributed by atoms with Gasteiger partial charge in [0, 0.05) is 39.9 Å². The SMILES string of the molecule is C=CC(=O)OC(CC[Si](OC)(OC)OC)OC=CC. The van der Waals surface area contributed by atoms with Crippen molar-refractivity contribution in [1.29, 1.82) is 0 Å². The maximum atomic E-state index is 11.2. The summed E-state index contributed by atoms with van der Waals surface area (Å²) in [6.45, 7) is 5.13. The second-order valence-corrected chi connectivity index (χ2v) is 6.60. The smallest absolute Gasteiger partial charge is 0.463 e. The minimum atomic E-state index is -2.70. The lowest BCUT2D eigenvalue weighted by atomic mass is 10.4. The Bertz CT molecular complexity index is 292. The Morgan fingerprint density at radius 1 is 1.26 bits per heavy atom. The van der Waals surface area contributed by atoms with E-state index >= 15 is 0 Å². The zero-order chi connectivity index (χ0) is 14.7. The highest BCUT2D eigenvalue weighted by Gasteiger charge is 2.38. The summed E-state index contributed by atoms with van der Waals surface area (Å²) < 4.78 is 26.2. The van der Waals surface area contributed by atoms with Gasteiger partial charge in [-0.1, -0.05) is 12.7 Å². The summed E-state index contributed by atoms with van der Waals surface area (Å²) in [6, 6.07) is 0.461. The molecule has 110 valence electrons. The first-order chi connectivity index (χ1) is 9.07. The highest BCUT2D eigenvalue weighted by molar-refractivity contribution is 6.60. The van der Waals surface area contributed by atoms with Crippen LogP contribution in [0.5, 0.6) is 0 Å². The molecule has 0 spiro atoms. The lowest BCUT2D eigenvalue weighted by molar-refractivity contribution is -0.163. The van der Waals surface area contributed by atoms with Crippen LogP contribution in [0.4, 0.5) is 0 Å². The molecule has 0 saturated heterocycles. The molecule has 1 unspecified atom stereocenters. The lowest BCUT2D eigenvalue weighted by Crippen LogP contribution is -2.43. The molecule has 0 saturated carbocycles. The molecule has 0 aliphatic rings. The van der Waals surface area contributed by atoms with Crippen molar-refractivity contribution >= 4 is 14.8 Å². The van der Waals surface area contributed by atoms with Gasteiger partial charge in [-0.2, -0.15) is 0 Å². The van der Waals surface area contributed by atoms with Crippen molar-refractivity contribution in [3.63, 3.8) is 0 Å². The van der Waals surface area contributed by atoms with E-state index in [0.717, 1.165) is 6.08 Å². The van der Waals surface area contributed by atoms with Crippen molar-refractivity contribution in [3.05, 3.63) is 25.0 Å². The number of allylic oxidation sites excluding steroid dienone is 1. The zero-order valence-electron chi connectivity index (χ0n) is 11.9. The van der Waals surface area contributed by atoms with Gasteiger partial charge in [0.2, 0.25) is 6.29 Å². The molecule has 0 radical (unpaired) electrons. The monoisotopic (exact) mass is 290 g/mol. The number of ether oxygens (including phenoxy) is 2. The van der Waals surface area contributed by atoms with Crippen LogP contribution in [0.3, 0.4) is 0 Å². The molecule has 7 heteroatoms. The van der Waals surface area contributed by atoms with Crippen molar-refractivity contribution in [2.45, 2.75) is 25.7 Å². The highest BCUT2D eigenvalue weighted by Crippen LogP contribution is 2.18. The summed E-state index contributed by atoms with van der Waals surface area (Å²) in [5, 5.41) is 0. The second-order valence-electron chi connectivity index (χ2n) is 3.51. The van der Waals surface area contributed by atoms with Crippen molar-refractivity contribution < 1.29 is 27.5 Å². The highest BCUT2D eigenvalue weighted by atomic mass is 28.4. The molecule has 19 heavy (non-hydrogen) atoms. The van der Waals surface area contributed by atoms with Gasteiger partial charge in [-0.15, -0.1) is 0 Å². The van der Waals surface area contributed by atoms with Crippen molar-refractivity contribution in [1.82, 2.24) is 0 Å². The van der Waals surface area contributed by atoms with E-state index in [1.54, 1.807) is 13.0 Å². The van der Waals surface area contributed by atoms with Gasteiger partial charge in [-0.05, 0) is 6.92 Å². The predicted octanol–water partition coefficient (Wildman–Crippen LogP) is 1.86. The molecular weight excluding hydrogens is 268 g/mol. The Balaban J connectivity index is 4.53. The third-order valence-corrected chi connectivity index (χ3v) is 5.17. The summed E-state index contributed by atoms with van der Waals surface area (Å²) in [5.74, 6) is -0.547. The second kappa shape index (κ2) is 9.73. The maximum absolute atomic E-state index is 11.2. The summed E-state index contributed by atoms with van der Waals surface area (Å²) in [6.07, 6.45) is 3.90. The van der Waals surface area contributed by atoms with E-state index in [0.29, 0.717) is 12.5 Å². The molecule has 0 aliphatic carbocycles. The van der Waals surface area contributed by atoms with E-state index in [-0.39, 0.29) is 0 Å². The Kier molecular flexibility index (Phi) is 9.14. The normalized spacial score (nSPS) is 13.3. The number of rotatable bonds is 10. The molecule has 0 aliphatic heterocycles. The van der Waals surface area contributed by atoms with Crippen LogP contribution < -0.4 is 0 Å². The number of esters is 1. The minimum Gasteiger partial charge on any atom is -0.463 e. The number of hydrogen-bond acceptors (Lipinski definition) is 6. The van der Waals surface area contributed by atoms with Crippen molar-refractivity contribution in [2.24, 2.45) is 0 Å². The fourth-order valence-electron chi connectivity index (χ4n) is 1.35. The minimum absolute atomic E-state index is 0.395. The van der Waals surface area contributed by atoms with E-state index in [2.05, 4.69) is 6.58 Å². The van der Waals surface area contributed by atoms with Crippen LogP contribution in [0.15, 0.2) is 25.0 Å². The van der Waals surface area contributed by atoms with Crippen molar-refractivity contribution in [3.8, 4) is 0 Å². The number of hydrogen-bond donors (Lipinski definition) is 0. The molecule has 0 aromatic heterocycles. The van der Waals surface area contributed by atoms with Gasteiger partial charge < -0.3 is 22.8 Å². The van der Waals surface area contributed by atoms with Gasteiger partial charge in [-0.3, -0.25) is 0 Å². The van der Waals surface area contributed by atoms with Gasteiger partial charge in [-0.25, -0.2) is 4.79 Å². The predicted molar refractivity (Wildman–Crippen MR) is 72.2 cm³/mol. The van der Waals surface area contributed by atoms with Crippen LogP contribution in [0.2, 0.25) is 6.04 Å². The fraction of sp³-hybridized carbons (Fsp3) is 0.583. The average Bonchev–Trinajstić information content (AvgIpc) is 2.46. The van der Waals surface area contributed by atoms with Crippen LogP contribution in [0, 0.1) is 0 Å². The zero-order valence-corrected chi connectivity index (χ0v) is 12.9. The molecule has 0 fully saturated rings. The first-order valence-electron chi connectivity index (χ1n) is 5.82. The topological polar surface area (TPSA) is 63.2 Å². The summed E-state index contributed by atoms with van der Waals surface area (Å²) in [7, 11) is 1.87. The van der Waals surface area contributed by atoms with E-state index in [1.165, 1.54) is 27.6 Å². The summed E-state index contributed by atoms with van der Waals surface area (Å²) >= 11 is 0. The van der Waals surface area contributed by atoms with E-state index in [9.17, 15) is 4.79 Å².